The average Bonchev–Trinajstić information content (AvgIpc) is 2.52. The minimum absolute atomic E-state index is 0.00759. The molecule has 0 aromatic heterocycles. The van der Waals surface area contributed by atoms with Crippen molar-refractivity contribution in [2.24, 2.45) is 23.2 Å². The number of nitrogens with zero attached hydrogens (tertiary/aromatic N) is 1. The Hall–Kier alpha value is -1.32. The molecular formula is C19H29NO3. The number of piperidine rings is 1. The van der Waals surface area contributed by atoms with Gasteiger partial charge in [-0.15, -0.1) is 0 Å². The third-order valence-electron chi connectivity index (χ3n) is 6.72. The molecule has 1 heterocycles. The number of ether oxygens (including phenoxy) is 1. The number of esters is 1. The van der Waals surface area contributed by atoms with Crippen LogP contribution in [-0.2, 0) is 14.3 Å². The van der Waals surface area contributed by atoms with Gasteiger partial charge >= 0.3 is 5.97 Å². The molecule has 1 aliphatic heterocycles. The fraction of sp³-hybridized carbons (Fsp3) is 0.789. The standard InChI is InChI=1S/C19H29NO3/c1-5-23-18(22)14-6-8-15-13(12(14)2)7-9-16-19(15,3)11-10-17(21)20(16)4/h8,12-14,16H,5-7,9-11H2,1-4H3/t12?,13-,14?,16+,19+/m0/s1. The third kappa shape index (κ3) is 2.50. The van der Waals surface area contributed by atoms with E-state index in [-0.39, 0.29) is 23.2 Å². The maximum Gasteiger partial charge on any atom is 0.309 e. The number of allylic oxidation sites excluding steroid dienone is 1. The Morgan fingerprint density at radius 2 is 2.17 bits per heavy atom. The number of rotatable bonds is 2. The Morgan fingerprint density at radius 1 is 1.43 bits per heavy atom. The highest BCUT2D eigenvalue weighted by Crippen LogP contribution is 2.55. The molecule has 1 saturated carbocycles. The maximum absolute atomic E-state index is 12.2. The lowest BCUT2D eigenvalue weighted by Gasteiger charge is -2.56. The third-order valence-corrected chi connectivity index (χ3v) is 6.72. The van der Waals surface area contributed by atoms with Crippen molar-refractivity contribution in [3.05, 3.63) is 11.6 Å². The number of likely N-dealkylation sites (tertiary alicyclic amines) is 1. The lowest BCUT2D eigenvalue weighted by atomic mass is 9.54. The summed E-state index contributed by atoms with van der Waals surface area (Å²) in [7, 11) is 1.96. The predicted octanol–water partition coefficient (Wildman–Crippen LogP) is 3.17. The van der Waals surface area contributed by atoms with Crippen molar-refractivity contribution >= 4 is 11.9 Å². The summed E-state index contributed by atoms with van der Waals surface area (Å²) in [5, 5.41) is 0. The topological polar surface area (TPSA) is 46.6 Å². The van der Waals surface area contributed by atoms with Gasteiger partial charge in [0.1, 0.15) is 0 Å². The van der Waals surface area contributed by atoms with Crippen LogP contribution in [0.2, 0.25) is 0 Å². The van der Waals surface area contributed by atoms with Crippen molar-refractivity contribution in [1.29, 1.82) is 0 Å². The van der Waals surface area contributed by atoms with Crippen LogP contribution in [0.25, 0.3) is 0 Å². The number of carbonyl (C=O) groups is 2. The Balaban J connectivity index is 1.88. The molecule has 0 aromatic carbocycles. The largest absolute Gasteiger partial charge is 0.466 e. The smallest absolute Gasteiger partial charge is 0.309 e. The SMILES string of the molecule is CCOC(=O)C1CC=C2[C@@H](CC[C@H]3N(C)C(=O)CC[C@]23C)C1C. The molecule has 3 aliphatic rings. The molecule has 1 saturated heterocycles. The quantitative estimate of drug-likeness (QED) is 0.580. The van der Waals surface area contributed by atoms with Crippen LogP contribution in [0.5, 0.6) is 0 Å². The summed E-state index contributed by atoms with van der Waals surface area (Å²) >= 11 is 0. The second-order valence-electron chi connectivity index (χ2n) is 7.73. The summed E-state index contributed by atoms with van der Waals surface area (Å²) in [6, 6.07) is 0.317. The average molecular weight is 319 g/mol. The molecule has 0 N–H and O–H groups in total. The van der Waals surface area contributed by atoms with E-state index in [0.717, 1.165) is 25.7 Å². The Morgan fingerprint density at radius 3 is 2.87 bits per heavy atom. The van der Waals surface area contributed by atoms with E-state index in [1.54, 1.807) is 0 Å². The number of hydrogen-bond donors (Lipinski definition) is 0. The molecule has 2 unspecified atom stereocenters. The number of hydrogen-bond acceptors (Lipinski definition) is 3. The second-order valence-corrected chi connectivity index (χ2v) is 7.73. The van der Waals surface area contributed by atoms with Crippen molar-refractivity contribution in [3.8, 4) is 0 Å². The van der Waals surface area contributed by atoms with E-state index in [0.29, 0.717) is 30.9 Å². The summed E-state index contributed by atoms with van der Waals surface area (Å²) < 4.78 is 5.27. The fourth-order valence-electron chi connectivity index (χ4n) is 5.32. The van der Waals surface area contributed by atoms with Gasteiger partial charge in [0.15, 0.2) is 0 Å². The lowest BCUT2D eigenvalue weighted by molar-refractivity contribution is -0.151. The zero-order valence-corrected chi connectivity index (χ0v) is 14.8. The molecule has 4 heteroatoms. The van der Waals surface area contributed by atoms with Crippen molar-refractivity contribution < 1.29 is 14.3 Å². The highest BCUT2D eigenvalue weighted by atomic mass is 16.5. The van der Waals surface area contributed by atoms with Crippen LogP contribution < -0.4 is 0 Å². The molecule has 5 atom stereocenters. The molecule has 3 rings (SSSR count). The Kier molecular flexibility index (Phi) is 4.28. The van der Waals surface area contributed by atoms with Gasteiger partial charge in [-0.3, -0.25) is 9.59 Å². The molecule has 4 nitrogen and oxygen atoms in total. The first kappa shape index (κ1) is 16.5. The van der Waals surface area contributed by atoms with Gasteiger partial charge in [0, 0.05) is 24.9 Å². The molecular weight excluding hydrogens is 290 g/mol. The Labute approximate surface area is 139 Å². The number of carbonyl (C=O) groups excluding carboxylic acids is 2. The van der Waals surface area contributed by atoms with Gasteiger partial charge in [0.25, 0.3) is 0 Å². The monoisotopic (exact) mass is 319 g/mol. The molecule has 0 spiro atoms. The van der Waals surface area contributed by atoms with Gasteiger partial charge in [-0.05, 0) is 44.4 Å². The van der Waals surface area contributed by atoms with Gasteiger partial charge in [0.05, 0.1) is 12.5 Å². The van der Waals surface area contributed by atoms with Crippen LogP contribution in [0.4, 0.5) is 0 Å². The van der Waals surface area contributed by atoms with E-state index in [9.17, 15) is 9.59 Å². The van der Waals surface area contributed by atoms with Crippen LogP contribution in [0.3, 0.4) is 0 Å². The van der Waals surface area contributed by atoms with E-state index in [2.05, 4.69) is 19.9 Å². The van der Waals surface area contributed by atoms with Gasteiger partial charge < -0.3 is 9.64 Å². The summed E-state index contributed by atoms with van der Waals surface area (Å²) in [4.78, 5) is 26.3. The van der Waals surface area contributed by atoms with Gasteiger partial charge in [-0.1, -0.05) is 25.5 Å². The van der Waals surface area contributed by atoms with Crippen LogP contribution in [-0.4, -0.2) is 36.5 Å². The van der Waals surface area contributed by atoms with E-state index >= 15 is 0 Å². The van der Waals surface area contributed by atoms with Gasteiger partial charge in [-0.2, -0.15) is 0 Å². The van der Waals surface area contributed by atoms with Crippen molar-refractivity contribution in [2.75, 3.05) is 13.7 Å². The van der Waals surface area contributed by atoms with Crippen LogP contribution in [0, 0.1) is 23.2 Å². The molecule has 128 valence electrons. The molecule has 2 fully saturated rings. The van der Waals surface area contributed by atoms with Gasteiger partial charge in [-0.25, -0.2) is 0 Å². The lowest BCUT2D eigenvalue weighted by Crippen LogP contribution is -2.57. The molecule has 23 heavy (non-hydrogen) atoms. The first-order chi connectivity index (χ1) is 10.9. The zero-order valence-electron chi connectivity index (χ0n) is 14.8. The highest BCUT2D eigenvalue weighted by Gasteiger charge is 2.52. The minimum Gasteiger partial charge on any atom is -0.466 e. The second kappa shape index (κ2) is 5.95. The molecule has 1 amide bonds. The number of fused-ring (bicyclic) bond motifs is 3. The van der Waals surface area contributed by atoms with E-state index in [4.69, 9.17) is 4.74 Å². The summed E-state index contributed by atoms with van der Waals surface area (Å²) in [5.41, 5.74) is 1.58. The molecule has 0 aromatic rings. The van der Waals surface area contributed by atoms with E-state index in [1.807, 2.05) is 18.9 Å². The summed E-state index contributed by atoms with van der Waals surface area (Å²) in [5.74, 6) is 1.01. The predicted molar refractivity (Wildman–Crippen MR) is 88.6 cm³/mol. The van der Waals surface area contributed by atoms with Crippen molar-refractivity contribution in [3.63, 3.8) is 0 Å². The van der Waals surface area contributed by atoms with Crippen LogP contribution in [0.1, 0.15) is 52.9 Å². The fourth-order valence-corrected chi connectivity index (χ4v) is 5.32. The maximum atomic E-state index is 12.2. The minimum atomic E-state index is -0.0430. The first-order valence-corrected chi connectivity index (χ1v) is 9.03. The van der Waals surface area contributed by atoms with Crippen molar-refractivity contribution in [2.45, 2.75) is 58.9 Å². The highest BCUT2D eigenvalue weighted by molar-refractivity contribution is 5.78. The van der Waals surface area contributed by atoms with Gasteiger partial charge in [0.2, 0.25) is 5.91 Å². The molecule has 2 aliphatic carbocycles. The van der Waals surface area contributed by atoms with Crippen LogP contribution in [0.15, 0.2) is 11.6 Å². The summed E-state index contributed by atoms with van der Waals surface area (Å²) in [6.45, 7) is 6.86. The normalized spacial score (nSPS) is 40.1. The van der Waals surface area contributed by atoms with E-state index in [1.165, 1.54) is 5.57 Å². The summed E-state index contributed by atoms with van der Waals surface area (Å²) in [6.07, 6.45) is 6.79. The number of amides is 1. The zero-order chi connectivity index (χ0) is 16.8. The molecule has 0 radical (unpaired) electrons. The Bertz CT molecular complexity index is 541. The molecule has 0 bridgehead atoms. The van der Waals surface area contributed by atoms with Crippen molar-refractivity contribution in [1.82, 2.24) is 4.90 Å². The first-order valence-electron chi connectivity index (χ1n) is 9.03. The van der Waals surface area contributed by atoms with E-state index < -0.39 is 0 Å². The van der Waals surface area contributed by atoms with Crippen LogP contribution >= 0.6 is 0 Å².